The van der Waals surface area contributed by atoms with Crippen LogP contribution in [0, 0.1) is 50.2 Å². The van der Waals surface area contributed by atoms with Gasteiger partial charge in [0.15, 0.2) is 49.9 Å². The standard InChI is InChI=1S/C68H106O33/c1-13-25(2)55(86)100-52-53(91-28(5)72)68-34(20-62(52,6)7)67(101-61(68)87)19-15-33-64(10)17-16-35(63(8,9)32(64)14-18-65(33,11)66(67,12)21-36(68)90-27(4)71)94-60-51(99-57-45(82)41(78)39(76)30(22-69)92-57)47(46(83)48(96-60)54(84)85)95-59-50(43(80)40(77)31(23-70)93-59)98-58-49(42(79)37(74)26(3)89-58)97-56-44(81)38(75)29(73)24-88-56/h13,26,29-53,56-61,69-70,73-83,87H,14-24H2,1-12H3,(H,84,85). The summed E-state index contributed by atoms with van der Waals surface area (Å²) < 4.78 is 87.8. The molecule has 37 atom stereocenters. The van der Waals surface area contributed by atoms with Crippen LogP contribution in [0.2, 0.25) is 0 Å². The lowest BCUT2D eigenvalue weighted by atomic mass is 9.30. The number of carbonyl (C=O) groups is 4. The van der Waals surface area contributed by atoms with Crippen molar-refractivity contribution in [3.63, 3.8) is 0 Å². The molecule has 6 aliphatic heterocycles. The van der Waals surface area contributed by atoms with Crippen LogP contribution in [0.15, 0.2) is 11.6 Å². The van der Waals surface area contributed by atoms with Gasteiger partial charge in [-0.05, 0) is 100 Å². The summed E-state index contributed by atoms with van der Waals surface area (Å²) in [5.41, 5.74) is -6.37. The smallest absolute Gasteiger partial charge is 0.335 e. The normalized spacial score (nSPS) is 52.4. The van der Waals surface area contributed by atoms with Crippen LogP contribution in [-0.4, -0.2) is 304 Å². The number of rotatable bonds is 17. The number of hydrogen-bond donors (Lipinski definition) is 15. The number of allylic oxidation sites excluding steroid dienone is 1. The molecule has 5 aliphatic carbocycles. The Kier molecular flexibility index (Phi) is 22.3. The minimum absolute atomic E-state index is 0.124. The van der Waals surface area contributed by atoms with E-state index in [0.717, 1.165) is 0 Å². The van der Waals surface area contributed by atoms with Gasteiger partial charge in [-0.25, -0.2) is 9.59 Å². The number of carboxylic acid groups (broad SMARTS) is 1. The Hall–Kier alpha value is -3.38. The van der Waals surface area contributed by atoms with E-state index in [2.05, 4.69) is 20.8 Å². The molecule has 33 heteroatoms. The molecule has 33 nitrogen and oxygen atoms in total. The summed E-state index contributed by atoms with van der Waals surface area (Å²) in [5.74, 6) is -4.78. The molecule has 0 aromatic carbocycles. The molecule has 0 amide bonds. The van der Waals surface area contributed by atoms with Crippen molar-refractivity contribution in [1.29, 1.82) is 0 Å². The molecular formula is C68H106O33. The molecule has 576 valence electrons. The SMILES string of the molecule is CC=C(C)C(=O)OC1C(OC(C)=O)C23C(O)OC4(CCC5C6(C)CCC(OC7OC(C(=O)O)C(O)C(OC8OC(CO)C(O)C(O)C8OC8OC(C)C(O)C(O)C8OC8OCC(O)C(O)C8O)C7OC7OC(CO)C(O)C(O)C7O)C(C)(C)C6CCC5(C)C4(C)CC2OC(C)=O)C3CC1(C)C. The van der Waals surface area contributed by atoms with Crippen molar-refractivity contribution in [2.75, 3.05) is 19.8 Å². The minimum atomic E-state index is -2.38. The maximum Gasteiger partial charge on any atom is 0.335 e. The zero-order valence-corrected chi connectivity index (χ0v) is 58.9. The second kappa shape index (κ2) is 28.6. The fourth-order valence-electron chi connectivity index (χ4n) is 20.5. The second-order valence-corrected chi connectivity index (χ2v) is 32.2. The van der Waals surface area contributed by atoms with Crippen molar-refractivity contribution in [1.82, 2.24) is 0 Å². The highest BCUT2D eigenvalue weighted by molar-refractivity contribution is 5.87. The Labute approximate surface area is 584 Å². The van der Waals surface area contributed by atoms with E-state index in [9.17, 15) is 95.8 Å². The second-order valence-electron chi connectivity index (χ2n) is 32.2. The Morgan fingerprint density at radius 2 is 1.07 bits per heavy atom. The van der Waals surface area contributed by atoms with Crippen LogP contribution in [-0.2, 0) is 85.5 Å². The van der Waals surface area contributed by atoms with Gasteiger partial charge < -0.3 is 143 Å². The van der Waals surface area contributed by atoms with Gasteiger partial charge >= 0.3 is 23.9 Å². The third kappa shape index (κ3) is 12.7. The summed E-state index contributed by atoms with van der Waals surface area (Å²) in [4.78, 5) is 54.2. The zero-order valence-electron chi connectivity index (χ0n) is 58.9. The number of hydrogen-bond acceptors (Lipinski definition) is 32. The third-order valence-electron chi connectivity index (χ3n) is 26.0. The number of esters is 3. The number of fused-ring (bicyclic) bond motifs is 4. The first-order valence-corrected chi connectivity index (χ1v) is 35.2. The Bertz CT molecular complexity index is 3030. The molecule has 0 aromatic rings. The van der Waals surface area contributed by atoms with E-state index in [1.807, 2.05) is 27.7 Å². The lowest BCUT2D eigenvalue weighted by Crippen LogP contribution is -2.77. The van der Waals surface area contributed by atoms with Gasteiger partial charge in [0.05, 0.1) is 37.6 Å². The maximum atomic E-state index is 13.7. The molecule has 11 fully saturated rings. The Balaban J connectivity index is 0.925. The Morgan fingerprint density at radius 1 is 0.515 bits per heavy atom. The van der Waals surface area contributed by atoms with Gasteiger partial charge in [-0.2, -0.15) is 0 Å². The highest BCUT2D eigenvalue weighted by Crippen LogP contribution is 2.82. The van der Waals surface area contributed by atoms with Crippen LogP contribution in [0.1, 0.15) is 134 Å². The van der Waals surface area contributed by atoms with Crippen LogP contribution in [0.3, 0.4) is 0 Å². The average Bonchev–Trinajstić information content (AvgIpc) is 1.53. The van der Waals surface area contributed by atoms with E-state index >= 15 is 0 Å². The number of aliphatic hydroxyl groups is 14. The van der Waals surface area contributed by atoms with Crippen LogP contribution < -0.4 is 0 Å². The van der Waals surface area contributed by atoms with E-state index in [4.69, 9.17) is 66.3 Å². The zero-order chi connectivity index (χ0) is 74.2. The minimum Gasteiger partial charge on any atom is -0.479 e. The molecule has 37 unspecified atom stereocenters. The van der Waals surface area contributed by atoms with Gasteiger partial charge in [-0.3, -0.25) is 9.59 Å². The molecular weight excluding hydrogens is 1340 g/mol. The number of ether oxygens (including phenoxy) is 14. The van der Waals surface area contributed by atoms with Crippen molar-refractivity contribution in [2.24, 2.45) is 50.2 Å². The van der Waals surface area contributed by atoms with Gasteiger partial charge in [0.25, 0.3) is 0 Å². The summed E-state index contributed by atoms with van der Waals surface area (Å²) in [7, 11) is 0. The molecule has 1 spiro atoms. The molecule has 5 saturated carbocycles. The van der Waals surface area contributed by atoms with E-state index in [1.165, 1.54) is 20.8 Å². The molecule has 0 aromatic heterocycles. The van der Waals surface area contributed by atoms with E-state index in [1.54, 1.807) is 19.9 Å². The predicted octanol–water partition coefficient (Wildman–Crippen LogP) is -2.85. The van der Waals surface area contributed by atoms with Gasteiger partial charge in [-0.1, -0.05) is 54.5 Å². The summed E-state index contributed by atoms with van der Waals surface area (Å²) in [6.07, 6.45) is -48.5. The van der Waals surface area contributed by atoms with Crippen molar-refractivity contribution in [2.45, 2.75) is 318 Å². The highest BCUT2D eigenvalue weighted by Gasteiger charge is 2.86. The highest BCUT2D eigenvalue weighted by atomic mass is 16.8. The van der Waals surface area contributed by atoms with Crippen LogP contribution >= 0.6 is 0 Å². The van der Waals surface area contributed by atoms with Crippen molar-refractivity contribution >= 4 is 23.9 Å². The van der Waals surface area contributed by atoms with Gasteiger partial charge in [0, 0.05) is 36.2 Å². The van der Waals surface area contributed by atoms with Crippen molar-refractivity contribution in [3.8, 4) is 0 Å². The molecule has 15 N–H and O–H groups in total. The molecule has 6 saturated heterocycles. The molecule has 101 heavy (non-hydrogen) atoms. The largest absolute Gasteiger partial charge is 0.479 e. The first-order chi connectivity index (χ1) is 47.2. The molecule has 6 heterocycles. The number of aliphatic carboxylic acids is 1. The van der Waals surface area contributed by atoms with Crippen molar-refractivity contribution in [3.05, 3.63) is 11.6 Å². The quantitative estimate of drug-likeness (QED) is 0.0302. The number of aliphatic hydroxyl groups excluding tert-OH is 14. The van der Waals surface area contributed by atoms with E-state index in [-0.39, 0.29) is 24.7 Å². The third-order valence-corrected chi connectivity index (χ3v) is 26.0. The predicted molar refractivity (Wildman–Crippen MR) is 334 cm³/mol. The average molecular weight is 1450 g/mol. The molecule has 2 bridgehead atoms. The monoisotopic (exact) mass is 1450 g/mol. The van der Waals surface area contributed by atoms with Gasteiger partial charge in [-0.15, -0.1) is 0 Å². The topological polar surface area (TPSA) is 501 Å². The summed E-state index contributed by atoms with van der Waals surface area (Å²) >= 11 is 0. The first kappa shape index (κ1) is 78.7. The molecule has 11 rings (SSSR count). The van der Waals surface area contributed by atoms with E-state index in [0.29, 0.717) is 44.1 Å². The fourth-order valence-corrected chi connectivity index (χ4v) is 20.5. The van der Waals surface area contributed by atoms with Crippen LogP contribution in [0.4, 0.5) is 0 Å². The number of carbonyl (C=O) groups excluding carboxylic acids is 3. The lowest BCUT2D eigenvalue weighted by Gasteiger charge is -2.75. The van der Waals surface area contributed by atoms with E-state index < -0.39 is 266 Å². The molecule has 11 aliphatic rings. The molecule has 0 radical (unpaired) electrons. The summed E-state index contributed by atoms with van der Waals surface area (Å²) in [5, 5.41) is 168. The first-order valence-electron chi connectivity index (χ1n) is 35.2. The maximum absolute atomic E-state index is 13.7. The lowest BCUT2D eigenvalue weighted by molar-refractivity contribution is -0.411. The van der Waals surface area contributed by atoms with Gasteiger partial charge in [0.2, 0.25) is 0 Å². The fraction of sp³-hybridized carbons (Fsp3) is 0.912. The van der Waals surface area contributed by atoms with Gasteiger partial charge in [0.1, 0.15) is 121 Å². The van der Waals surface area contributed by atoms with Crippen molar-refractivity contribution < 1.29 is 162 Å². The summed E-state index contributed by atoms with van der Waals surface area (Å²) in [6.45, 7) is 19.0. The Morgan fingerprint density at radius 3 is 1.68 bits per heavy atom. The van der Waals surface area contributed by atoms with Crippen LogP contribution in [0.25, 0.3) is 0 Å². The van der Waals surface area contributed by atoms with Crippen LogP contribution in [0.5, 0.6) is 0 Å². The summed E-state index contributed by atoms with van der Waals surface area (Å²) in [6, 6.07) is 0. The number of carboxylic acids is 1.